The SMILES string of the molecule is Clc1ccc(C2Oc3c(Br)cc(Br)cc3C3CC(c4ccccc4)=NN32)cc1. The molecule has 2 atom stereocenters. The summed E-state index contributed by atoms with van der Waals surface area (Å²) in [6.07, 6.45) is 0.515. The third-order valence-corrected chi connectivity index (χ3v) is 6.37. The van der Waals surface area contributed by atoms with Gasteiger partial charge < -0.3 is 4.74 Å². The molecule has 6 heteroatoms. The van der Waals surface area contributed by atoms with Gasteiger partial charge in [-0.2, -0.15) is 5.10 Å². The lowest BCUT2D eigenvalue weighted by Crippen LogP contribution is -2.33. The molecular formula is C22H15Br2ClN2O. The molecule has 0 fully saturated rings. The molecule has 3 aromatic rings. The van der Waals surface area contributed by atoms with Gasteiger partial charge in [0.1, 0.15) is 5.75 Å². The van der Waals surface area contributed by atoms with Gasteiger partial charge in [-0.25, -0.2) is 5.01 Å². The van der Waals surface area contributed by atoms with Crippen LogP contribution in [0.15, 0.2) is 80.8 Å². The van der Waals surface area contributed by atoms with Crippen LogP contribution in [-0.4, -0.2) is 10.7 Å². The summed E-state index contributed by atoms with van der Waals surface area (Å²) < 4.78 is 8.40. The minimum absolute atomic E-state index is 0.105. The Bertz CT molecular complexity index is 1070. The Morgan fingerprint density at radius 2 is 1.75 bits per heavy atom. The van der Waals surface area contributed by atoms with E-state index in [1.54, 1.807) is 0 Å². The Kier molecular flexibility index (Phi) is 4.69. The number of benzene rings is 3. The predicted molar refractivity (Wildman–Crippen MR) is 119 cm³/mol. The van der Waals surface area contributed by atoms with Crippen molar-refractivity contribution in [2.75, 3.05) is 0 Å². The highest BCUT2D eigenvalue weighted by Gasteiger charge is 2.41. The second-order valence-corrected chi connectivity index (χ2v) is 9.05. The van der Waals surface area contributed by atoms with Crippen LogP contribution >= 0.6 is 43.5 Å². The molecule has 140 valence electrons. The highest BCUT2D eigenvalue weighted by molar-refractivity contribution is 9.11. The van der Waals surface area contributed by atoms with Gasteiger partial charge in [0.25, 0.3) is 0 Å². The molecule has 3 aromatic carbocycles. The van der Waals surface area contributed by atoms with Gasteiger partial charge in [-0.1, -0.05) is 70.0 Å². The van der Waals surface area contributed by atoms with Crippen LogP contribution in [0.5, 0.6) is 5.75 Å². The van der Waals surface area contributed by atoms with E-state index < -0.39 is 0 Å². The van der Waals surface area contributed by atoms with Crippen LogP contribution in [0, 0.1) is 0 Å². The van der Waals surface area contributed by atoms with Crippen LogP contribution in [-0.2, 0) is 0 Å². The molecule has 2 heterocycles. The molecular weight excluding hydrogens is 504 g/mol. The summed E-state index contributed by atoms with van der Waals surface area (Å²) in [6, 6.07) is 22.3. The van der Waals surface area contributed by atoms with Gasteiger partial charge in [0.05, 0.1) is 16.2 Å². The number of halogens is 3. The number of fused-ring (bicyclic) bond motifs is 3. The van der Waals surface area contributed by atoms with E-state index in [-0.39, 0.29) is 12.3 Å². The average molecular weight is 519 g/mol. The molecule has 0 aromatic heterocycles. The van der Waals surface area contributed by atoms with Crippen molar-refractivity contribution >= 4 is 49.2 Å². The first kappa shape index (κ1) is 18.2. The first-order valence-electron chi connectivity index (χ1n) is 8.92. The Labute approximate surface area is 185 Å². The molecule has 28 heavy (non-hydrogen) atoms. The quantitative estimate of drug-likeness (QED) is 0.361. The summed E-state index contributed by atoms with van der Waals surface area (Å²) in [5.74, 6) is 0.869. The van der Waals surface area contributed by atoms with Crippen molar-refractivity contribution in [1.29, 1.82) is 0 Å². The molecule has 0 spiro atoms. The normalized spacial score (nSPS) is 20.2. The van der Waals surface area contributed by atoms with Crippen LogP contribution in [0.2, 0.25) is 5.02 Å². The average Bonchev–Trinajstić information content (AvgIpc) is 3.15. The van der Waals surface area contributed by atoms with Crippen LogP contribution < -0.4 is 4.74 Å². The second-order valence-electron chi connectivity index (χ2n) is 6.84. The van der Waals surface area contributed by atoms with Gasteiger partial charge in [0, 0.05) is 27.0 Å². The highest BCUT2D eigenvalue weighted by atomic mass is 79.9. The minimum Gasteiger partial charge on any atom is -0.463 e. The van der Waals surface area contributed by atoms with Gasteiger partial charge >= 0.3 is 0 Å². The smallest absolute Gasteiger partial charge is 0.213 e. The van der Waals surface area contributed by atoms with E-state index in [0.29, 0.717) is 5.02 Å². The Morgan fingerprint density at radius 3 is 2.50 bits per heavy atom. The maximum Gasteiger partial charge on any atom is 0.213 e. The molecule has 5 rings (SSSR count). The summed E-state index contributed by atoms with van der Waals surface area (Å²) in [5, 5.41) is 7.76. The summed E-state index contributed by atoms with van der Waals surface area (Å²) in [6.45, 7) is 0. The minimum atomic E-state index is -0.312. The second kappa shape index (κ2) is 7.21. The molecule has 0 amide bonds. The predicted octanol–water partition coefficient (Wildman–Crippen LogP) is 7.11. The molecule has 0 bridgehead atoms. The van der Waals surface area contributed by atoms with E-state index in [1.807, 2.05) is 48.5 Å². The van der Waals surface area contributed by atoms with Gasteiger partial charge in [0.15, 0.2) is 0 Å². The standard InChI is InChI=1S/C22H15Br2ClN2O/c23-15-10-17-20-12-19(13-4-2-1-3-5-13)26-27(20)22(28-21(17)18(24)11-15)14-6-8-16(25)9-7-14/h1-11,20,22H,12H2. The first-order chi connectivity index (χ1) is 13.6. The molecule has 0 radical (unpaired) electrons. The van der Waals surface area contributed by atoms with E-state index in [2.05, 4.69) is 55.1 Å². The zero-order valence-corrected chi connectivity index (χ0v) is 18.6. The Hall–Kier alpha value is -1.82. The molecule has 0 aliphatic carbocycles. The van der Waals surface area contributed by atoms with Crippen molar-refractivity contribution in [3.63, 3.8) is 0 Å². The molecule has 3 nitrogen and oxygen atoms in total. The highest BCUT2D eigenvalue weighted by Crippen LogP contribution is 2.50. The number of nitrogens with zero attached hydrogens (tertiary/aromatic N) is 2. The third-order valence-electron chi connectivity index (χ3n) is 5.07. The fourth-order valence-corrected chi connectivity index (χ4v) is 5.24. The summed E-state index contributed by atoms with van der Waals surface area (Å²) in [5.41, 5.74) is 4.36. The fraction of sp³-hybridized carbons (Fsp3) is 0.136. The van der Waals surface area contributed by atoms with Gasteiger partial charge in [-0.3, -0.25) is 0 Å². The van der Waals surface area contributed by atoms with Crippen molar-refractivity contribution in [3.05, 3.63) is 97.4 Å². The largest absolute Gasteiger partial charge is 0.463 e. The number of hydrogen-bond donors (Lipinski definition) is 0. The van der Waals surface area contributed by atoms with Crippen LogP contribution in [0.4, 0.5) is 0 Å². The van der Waals surface area contributed by atoms with E-state index >= 15 is 0 Å². The van der Waals surface area contributed by atoms with Crippen LogP contribution in [0.1, 0.15) is 35.4 Å². The van der Waals surface area contributed by atoms with Crippen molar-refractivity contribution in [2.24, 2.45) is 5.10 Å². The Morgan fingerprint density at radius 1 is 1.00 bits per heavy atom. The third kappa shape index (κ3) is 3.15. The lowest BCUT2D eigenvalue weighted by molar-refractivity contribution is -0.0197. The van der Waals surface area contributed by atoms with Gasteiger partial charge in [-0.05, 0) is 45.8 Å². The lowest BCUT2D eigenvalue weighted by Gasteiger charge is -2.38. The lowest BCUT2D eigenvalue weighted by atomic mass is 9.96. The van der Waals surface area contributed by atoms with E-state index in [0.717, 1.165) is 43.5 Å². The topological polar surface area (TPSA) is 24.8 Å². The first-order valence-corrected chi connectivity index (χ1v) is 10.9. The zero-order chi connectivity index (χ0) is 19.3. The molecule has 2 unspecified atom stereocenters. The molecule has 2 aliphatic heterocycles. The Balaban J connectivity index is 1.63. The number of hydrazone groups is 1. The van der Waals surface area contributed by atoms with Crippen molar-refractivity contribution < 1.29 is 4.74 Å². The maximum atomic E-state index is 6.45. The van der Waals surface area contributed by atoms with Gasteiger partial charge in [0.2, 0.25) is 6.23 Å². The molecule has 2 aliphatic rings. The summed E-state index contributed by atoms with van der Waals surface area (Å²) in [4.78, 5) is 0. The zero-order valence-electron chi connectivity index (χ0n) is 14.6. The van der Waals surface area contributed by atoms with Crippen LogP contribution in [0.3, 0.4) is 0 Å². The maximum absolute atomic E-state index is 6.45. The monoisotopic (exact) mass is 516 g/mol. The number of ether oxygens (including phenoxy) is 1. The van der Waals surface area contributed by atoms with Crippen LogP contribution in [0.25, 0.3) is 0 Å². The van der Waals surface area contributed by atoms with Crippen molar-refractivity contribution in [3.8, 4) is 5.75 Å². The van der Waals surface area contributed by atoms with E-state index in [1.165, 1.54) is 0 Å². The number of hydrogen-bond acceptors (Lipinski definition) is 3. The number of rotatable bonds is 2. The molecule has 0 N–H and O–H groups in total. The van der Waals surface area contributed by atoms with E-state index in [9.17, 15) is 0 Å². The van der Waals surface area contributed by atoms with Crippen molar-refractivity contribution in [2.45, 2.75) is 18.7 Å². The molecule has 0 saturated heterocycles. The summed E-state index contributed by atoms with van der Waals surface area (Å²) >= 11 is 13.4. The molecule has 0 saturated carbocycles. The fourth-order valence-electron chi connectivity index (χ4n) is 3.77. The van der Waals surface area contributed by atoms with Crippen molar-refractivity contribution in [1.82, 2.24) is 5.01 Å². The van der Waals surface area contributed by atoms with E-state index in [4.69, 9.17) is 21.4 Å². The summed E-state index contributed by atoms with van der Waals surface area (Å²) in [7, 11) is 0. The van der Waals surface area contributed by atoms with Gasteiger partial charge in [-0.15, -0.1) is 0 Å².